The molecule has 0 bridgehead atoms. The van der Waals surface area contributed by atoms with E-state index in [9.17, 15) is 30.4 Å². The molecule has 0 saturated heterocycles. The number of benzene rings is 6. The number of unbranched alkanes of at least 4 members (excludes halogenated alkanes) is 1. The summed E-state index contributed by atoms with van der Waals surface area (Å²) in [5.74, 6) is 2.19. The van der Waals surface area contributed by atoms with E-state index in [2.05, 4.69) is 116 Å². The molecule has 45 heavy (non-hydrogen) atoms. The van der Waals surface area contributed by atoms with Gasteiger partial charge in [-0.3, -0.25) is 0 Å². The van der Waals surface area contributed by atoms with Crippen molar-refractivity contribution in [1.29, 1.82) is 5.26 Å². The van der Waals surface area contributed by atoms with E-state index in [1.807, 2.05) is 12.1 Å². The average molecular weight is 654 g/mol. The summed E-state index contributed by atoms with van der Waals surface area (Å²) in [4.78, 5) is 1.42. The number of hydrogen-bond acceptors (Lipinski definition) is 1. The van der Waals surface area contributed by atoms with E-state index in [0.717, 1.165) is 11.3 Å². The SMILES string of the molecule is CCCC[S+](Cc1ccc(C#N)cc1)c1cccc(-c2c3ccccc3cc3cc4ccccc4cc23)c1.F[P-](F)(F)(F)(F)F. The number of hydrogen-bond donors (Lipinski definition) is 0. The molecule has 6 aromatic carbocycles. The van der Waals surface area contributed by atoms with E-state index >= 15 is 0 Å². The first kappa shape index (κ1) is 32.3. The van der Waals surface area contributed by atoms with Crippen LogP contribution in [0, 0.1) is 11.3 Å². The monoisotopic (exact) mass is 653 g/mol. The third kappa shape index (κ3) is 9.00. The zero-order valence-electron chi connectivity index (χ0n) is 24.4. The standard InChI is InChI=1S/C36H30NS.F6P/c1-2-3-19-38(25-27-17-15-26(24-37)16-18-27)33-13-8-12-31(22-33)36-34-14-7-6-11-30(34)21-32-20-28-9-4-5-10-29(28)23-35(32)36;1-7(2,3,4,5)6/h4-18,20-23H,2-3,19,25H2,1H3;/q+1;-1. The Morgan fingerprint density at radius 3 is 1.89 bits per heavy atom. The molecule has 1 atom stereocenters. The van der Waals surface area contributed by atoms with Gasteiger partial charge < -0.3 is 0 Å². The van der Waals surface area contributed by atoms with Gasteiger partial charge in [-0.15, -0.1) is 0 Å². The van der Waals surface area contributed by atoms with Crippen molar-refractivity contribution >= 4 is 51.0 Å². The van der Waals surface area contributed by atoms with Crippen molar-refractivity contribution in [2.75, 3.05) is 5.75 Å². The fourth-order valence-electron chi connectivity index (χ4n) is 5.37. The molecule has 0 saturated carbocycles. The molecule has 0 aliphatic heterocycles. The number of rotatable bonds is 7. The van der Waals surface area contributed by atoms with Crippen molar-refractivity contribution < 1.29 is 25.2 Å². The molecule has 1 unspecified atom stereocenters. The van der Waals surface area contributed by atoms with Gasteiger partial charge in [0.05, 0.1) is 11.6 Å². The molecule has 0 N–H and O–H groups in total. The first-order valence-electron chi connectivity index (χ1n) is 14.4. The van der Waals surface area contributed by atoms with Crippen LogP contribution >= 0.6 is 7.81 Å². The number of nitriles is 1. The molecule has 6 aromatic rings. The van der Waals surface area contributed by atoms with E-state index in [4.69, 9.17) is 0 Å². The molecule has 0 radical (unpaired) electrons. The summed E-state index contributed by atoms with van der Waals surface area (Å²) in [6, 6.07) is 44.1. The van der Waals surface area contributed by atoms with Crippen LogP contribution in [-0.2, 0) is 16.6 Å². The summed E-state index contributed by atoms with van der Waals surface area (Å²) in [6.07, 6.45) is 2.41. The second-order valence-electron chi connectivity index (χ2n) is 10.9. The van der Waals surface area contributed by atoms with Gasteiger partial charge in [-0.25, -0.2) is 0 Å². The van der Waals surface area contributed by atoms with Crippen LogP contribution in [0.5, 0.6) is 0 Å². The summed E-state index contributed by atoms with van der Waals surface area (Å²) in [7, 11) is -10.6. The molecular formula is C36H30F6NPS. The van der Waals surface area contributed by atoms with E-state index in [1.165, 1.54) is 72.5 Å². The molecule has 0 heterocycles. The fourth-order valence-corrected chi connectivity index (χ4v) is 7.71. The Balaban J connectivity index is 0.000000515. The predicted octanol–water partition coefficient (Wildman–Crippen LogP) is 13.0. The molecule has 0 spiro atoms. The van der Waals surface area contributed by atoms with Crippen molar-refractivity contribution in [2.24, 2.45) is 0 Å². The van der Waals surface area contributed by atoms with Crippen LogP contribution in [0.3, 0.4) is 0 Å². The van der Waals surface area contributed by atoms with Gasteiger partial charge in [0, 0.05) is 22.5 Å². The van der Waals surface area contributed by atoms with Crippen LogP contribution in [0.2, 0.25) is 0 Å². The van der Waals surface area contributed by atoms with Gasteiger partial charge >= 0.3 is 33.0 Å². The molecule has 9 heteroatoms. The molecule has 0 amide bonds. The zero-order chi connectivity index (χ0) is 32.3. The van der Waals surface area contributed by atoms with Gasteiger partial charge in [0.25, 0.3) is 0 Å². The Kier molecular flexibility index (Phi) is 8.65. The van der Waals surface area contributed by atoms with Gasteiger partial charge in [0.1, 0.15) is 11.5 Å². The number of halogens is 6. The summed E-state index contributed by atoms with van der Waals surface area (Å²) < 4.78 is 59.2. The van der Waals surface area contributed by atoms with Crippen LogP contribution < -0.4 is 0 Å². The number of fused-ring (bicyclic) bond motifs is 3. The molecule has 0 aliphatic carbocycles. The second-order valence-corrected chi connectivity index (χ2v) is 15.0. The van der Waals surface area contributed by atoms with Crippen LogP contribution in [0.1, 0.15) is 30.9 Å². The third-order valence-electron chi connectivity index (χ3n) is 7.35. The van der Waals surface area contributed by atoms with Crippen molar-refractivity contribution in [3.8, 4) is 17.2 Å². The third-order valence-corrected chi connectivity index (χ3v) is 9.74. The van der Waals surface area contributed by atoms with Gasteiger partial charge in [0.15, 0.2) is 4.90 Å². The topological polar surface area (TPSA) is 23.8 Å². The minimum atomic E-state index is -10.7. The van der Waals surface area contributed by atoms with Crippen LogP contribution in [0.15, 0.2) is 120 Å². The Morgan fingerprint density at radius 2 is 1.24 bits per heavy atom. The van der Waals surface area contributed by atoms with Crippen molar-refractivity contribution in [3.05, 3.63) is 126 Å². The Hall–Kier alpha value is -4.05. The van der Waals surface area contributed by atoms with Crippen molar-refractivity contribution in [3.63, 3.8) is 0 Å². The van der Waals surface area contributed by atoms with E-state index in [-0.39, 0.29) is 10.9 Å². The second kappa shape index (κ2) is 12.0. The Morgan fingerprint density at radius 1 is 0.644 bits per heavy atom. The predicted molar refractivity (Wildman–Crippen MR) is 178 cm³/mol. The summed E-state index contributed by atoms with van der Waals surface area (Å²) in [6.45, 7) is 2.27. The average Bonchev–Trinajstić information content (AvgIpc) is 2.99. The van der Waals surface area contributed by atoms with E-state index in [0.29, 0.717) is 0 Å². The molecule has 0 aliphatic rings. The molecule has 1 nitrogen and oxygen atoms in total. The molecule has 0 aromatic heterocycles. The maximum atomic E-state index is 9.87. The molecule has 6 rings (SSSR count). The van der Waals surface area contributed by atoms with Gasteiger partial charge in [-0.2, -0.15) is 5.26 Å². The summed E-state index contributed by atoms with van der Waals surface area (Å²) in [5, 5.41) is 16.9. The first-order chi connectivity index (χ1) is 21.2. The number of nitrogens with zero attached hydrogens (tertiary/aromatic N) is 1. The maximum absolute atomic E-state index is 10.7. The molecular weight excluding hydrogens is 623 g/mol. The van der Waals surface area contributed by atoms with Gasteiger partial charge in [-0.1, -0.05) is 86.1 Å². The van der Waals surface area contributed by atoms with Crippen LogP contribution in [0.25, 0.3) is 43.4 Å². The quantitative estimate of drug-likeness (QED) is 0.0728. The van der Waals surface area contributed by atoms with Crippen LogP contribution in [-0.4, -0.2) is 5.75 Å². The Labute approximate surface area is 260 Å². The van der Waals surface area contributed by atoms with E-state index < -0.39 is 7.81 Å². The zero-order valence-corrected chi connectivity index (χ0v) is 26.1. The fraction of sp³-hybridized carbons (Fsp3) is 0.139. The summed E-state index contributed by atoms with van der Waals surface area (Å²) in [5.41, 5.74) is 4.63. The van der Waals surface area contributed by atoms with Crippen molar-refractivity contribution in [2.45, 2.75) is 30.4 Å². The Bertz CT molecular complexity index is 2020. The normalized spacial score (nSPS) is 13.8. The van der Waals surface area contributed by atoms with Gasteiger partial charge in [0.2, 0.25) is 0 Å². The van der Waals surface area contributed by atoms with Crippen LogP contribution in [0.4, 0.5) is 25.2 Å². The summed E-state index contributed by atoms with van der Waals surface area (Å²) >= 11 is 0. The first-order valence-corrected chi connectivity index (χ1v) is 18.0. The minimum absolute atomic E-state index is 0.0961. The van der Waals surface area contributed by atoms with Gasteiger partial charge in [-0.05, 0) is 86.3 Å². The molecule has 232 valence electrons. The van der Waals surface area contributed by atoms with E-state index in [1.54, 1.807) is 0 Å². The van der Waals surface area contributed by atoms with Crippen molar-refractivity contribution in [1.82, 2.24) is 0 Å². The molecule has 0 fully saturated rings.